The lowest BCUT2D eigenvalue weighted by Gasteiger charge is -2.38. The molecule has 0 N–H and O–H groups in total. The zero-order chi connectivity index (χ0) is 20.9. The van der Waals surface area contributed by atoms with E-state index < -0.39 is 24.0 Å². The lowest BCUT2D eigenvalue weighted by Crippen LogP contribution is -2.50. The quantitative estimate of drug-likeness (QED) is 0.694. The van der Waals surface area contributed by atoms with Crippen molar-refractivity contribution in [1.29, 1.82) is 0 Å². The Hall–Kier alpha value is -3.39. The van der Waals surface area contributed by atoms with Gasteiger partial charge in [0, 0.05) is 30.7 Å². The summed E-state index contributed by atoms with van der Waals surface area (Å²) in [5.41, 5.74) is 0. The van der Waals surface area contributed by atoms with Crippen LogP contribution in [0.15, 0.2) is 60.7 Å². The third kappa shape index (κ3) is 4.77. The average molecular weight is 413 g/mol. The molecule has 0 radical (unpaired) electrons. The lowest BCUT2D eigenvalue weighted by molar-refractivity contribution is -0.261. The second-order valence-electron chi connectivity index (χ2n) is 6.93. The zero-order valence-electron chi connectivity index (χ0n) is 16.0. The zero-order valence-corrected chi connectivity index (χ0v) is 16.0. The van der Waals surface area contributed by atoms with Crippen molar-refractivity contribution in [2.24, 2.45) is 5.92 Å². The number of benzene rings is 2. The third-order valence-electron chi connectivity index (χ3n) is 4.77. The van der Waals surface area contributed by atoms with Crippen LogP contribution in [-0.4, -0.2) is 36.4 Å². The number of esters is 1. The molecule has 0 amide bonds. The van der Waals surface area contributed by atoms with Crippen molar-refractivity contribution in [2.45, 2.75) is 19.1 Å². The maximum absolute atomic E-state index is 13.8. The molecule has 156 valence electrons. The van der Waals surface area contributed by atoms with Crippen LogP contribution in [0.25, 0.3) is 0 Å². The van der Waals surface area contributed by atoms with Crippen molar-refractivity contribution in [2.75, 3.05) is 13.2 Å². The van der Waals surface area contributed by atoms with E-state index in [1.54, 1.807) is 12.1 Å². The molecular weight excluding hydrogens is 393 g/mol. The Morgan fingerprint density at radius 2 is 1.83 bits per heavy atom. The molecule has 4 rings (SSSR count). The normalized spacial score (nSPS) is 22.7. The maximum Gasteiger partial charge on any atom is 0.350 e. The molecule has 2 aliphatic heterocycles. The molecule has 0 bridgehead atoms. The van der Waals surface area contributed by atoms with Gasteiger partial charge in [-0.05, 0) is 37.1 Å². The summed E-state index contributed by atoms with van der Waals surface area (Å²) in [5.74, 6) is -0.825. The number of fused-ring (bicyclic) bond motifs is 1. The van der Waals surface area contributed by atoms with Gasteiger partial charge in [0.1, 0.15) is 11.6 Å². The number of rotatable bonds is 5. The molecule has 8 heteroatoms. The van der Waals surface area contributed by atoms with Crippen LogP contribution in [0, 0.1) is 11.7 Å². The first-order chi connectivity index (χ1) is 14.6. The van der Waals surface area contributed by atoms with Crippen molar-refractivity contribution >= 4 is 11.9 Å². The van der Waals surface area contributed by atoms with Crippen molar-refractivity contribution in [3.63, 3.8) is 0 Å². The minimum Gasteiger partial charge on any atom is -0.489 e. The monoisotopic (exact) mass is 413 g/mol. The summed E-state index contributed by atoms with van der Waals surface area (Å²) in [6.07, 6.45) is 2.74. The van der Waals surface area contributed by atoms with Crippen molar-refractivity contribution in [3.05, 3.63) is 66.5 Å². The summed E-state index contributed by atoms with van der Waals surface area (Å²) in [7, 11) is 0. The fraction of sp³-hybridized carbons (Fsp3) is 0.273. The molecule has 0 aromatic heterocycles. The van der Waals surface area contributed by atoms with E-state index in [1.165, 1.54) is 23.3 Å². The maximum atomic E-state index is 13.8. The summed E-state index contributed by atoms with van der Waals surface area (Å²) in [5, 5.41) is 1.37. The van der Waals surface area contributed by atoms with E-state index in [0.29, 0.717) is 24.5 Å². The summed E-state index contributed by atoms with van der Waals surface area (Å²) >= 11 is 0. The Balaban J connectivity index is 1.49. The Labute approximate surface area is 172 Å². The Kier molecular flexibility index (Phi) is 5.94. The van der Waals surface area contributed by atoms with Crippen LogP contribution in [0.2, 0.25) is 0 Å². The van der Waals surface area contributed by atoms with Gasteiger partial charge in [-0.3, -0.25) is 0 Å². The summed E-state index contributed by atoms with van der Waals surface area (Å²) in [6.45, 7) is 0.611. The van der Waals surface area contributed by atoms with Gasteiger partial charge in [-0.2, -0.15) is 0 Å². The van der Waals surface area contributed by atoms with Gasteiger partial charge < -0.3 is 19.0 Å². The smallest absolute Gasteiger partial charge is 0.350 e. The van der Waals surface area contributed by atoms with Gasteiger partial charge in [0.2, 0.25) is 0 Å². The molecule has 1 unspecified atom stereocenters. The number of halogens is 1. The minimum absolute atomic E-state index is 0.159. The molecule has 2 heterocycles. The Morgan fingerprint density at radius 3 is 2.67 bits per heavy atom. The van der Waals surface area contributed by atoms with Gasteiger partial charge >= 0.3 is 11.9 Å². The average Bonchev–Trinajstić information content (AvgIpc) is 2.73. The van der Waals surface area contributed by atoms with Crippen molar-refractivity contribution in [1.82, 2.24) is 5.06 Å². The number of hydrogen-bond acceptors (Lipinski definition) is 7. The molecule has 2 aromatic rings. The van der Waals surface area contributed by atoms with E-state index in [0.717, 1.165) is 18.6 Å². The van der Waals surface area contributed by atoms with Crippen LogP contribution in [0.1, 0.15) is 12.8 Å². The first-order valence-electron chi connectivity index (χ1n) is 9.61. The Morgan fingerprint density at radius 1 is 1.03 bits per heavy atom. The molecule has 1 saturated heterocycles. The molecule has 7 nitrogen and oxygen atoms in total. The van der Waals surface area contributed by atoms with Crippen LogP contribution in [-0.2, 0) is 19.2 Å². The molecule has 2 aliphatic rings. The largest absolute Gasteiger partial charge is 0.489 e. The van der Waals surface area contributed by atoms with Crippen LogP contribution in [0.3, 0.4) is 0 Å². The molecule has 0 spiro atoms. The molecule has 0 saturated carbocycles. The van der Waals surface area contributed by atoms with Gasteiger partial charge in [0.15, 0.2) is 17.7 Å². The van der Waals surface area contributed by atoms with Gasteiger partial charge in [0.05, 0.1) is 6.61 Å². The van der Waals surface area contributed by atoms with E-state index in [1.807, 2.05) is 18.2 Å². The fourth-order valence-electron chi connectivity index (χ4n) is 3.37. The number of hydroxylamine groups is 2. The highest BCUT2D eigenvalue weighted by molar-refractivity contribution is 5.92. The van der Waals surface area contributed by atoms with Gasteiger partial charge in [-0.15, -0.1) is 0 Å². The SMILES string of the molecule is O=C1/C=C/C(=O)ON2CCC[C@@H](COc3ccc(F)cc3Oc3ccccc3)C2O1. The van der Waals surface area contributed by atoms with E-state index in [9.17, 15) is 14.0 Å². The lowest BCUT2D eigenvalue weighted by atomic mass is 9.98. The number of piperidine rings is 1. The minimum atomic E-state index is -0.765. The van der Waals surface area contributed by atoms with Crippen LogP contribution in [0.4, 0.5) is 4.39 Å². The highest BCUT2D eigenvalue weighted by Crippen LogP contribution is 2.34. The molecular formula is C22H20FNO6. The van der Waals surface area contributed by atoms with Crippen LogP contribution in [0.5, 0.6) is 17.2 Å². The summed E-state index contributed by atoms with van der Waals surface area (Å²) < 4.78 is 30.9. The topological polar surface area (TPSA) is 74.3 Å². The van der Waals surface area contributed by atoms with E-state index in [2.05, 4.69) is 0 Å². The van der Waals surface area contributed by atoms with Crippen molar-refractivity contribution in [3.8, 4) is 17.2 Å². The van der Waals surface area contributed by atoms with E-state index >= 15 is 0 Å². The van der Waals surface area contributed by atoms with E-state index in [-0.39, 0.29) is 18.3 Å². The number of para-hydroxylation sites is 1. The number of carbonyl (C=O) groups is 2. The number of ether oxygens (including phenoxy) is 3. The third-order valence-corrected chi connectivity index (χ3v) is 4.77. The first-order valence-corrected chi connectivity index (χ1v) is 9.61. The van der Waals surface area contributed by atoms with Crippen LogP contribution >= 0.6 is 0 Å². The highest BCUT2D eigenvalue weighted by atomic mass is 19.1. The second-order valence-corrected chi connectivity index (χ2v) is 6.93. The molecule has 30 heavy (non-hydrogen) atoms. The summed E-state index contributed by atoms with van der Waals surface area (Å²) in [6, 6.07) is 13.0. The van der Waals surface area contributed by atoms with Crippen molar-refractivity contribution < 1.29 is 33.0 Å². The number of nitrogens with zero attached hydrogens (tertiary/aromatic N) is 1. The molecule has 2 atom stereocenters. The van der Waals surface area contributed by atoms with Crippen LogP contribution < -0.4 is 9.47 Å². The standard InChI is InChI=1S/C22H20FNO6/c23-16-8-9-18(19(13-16)28-17-6-2-1-3-7-17)27-14-15-5-4-12-24-22(15)29-20(25)10-11-21(26)30-24/h1-3,6-11,13,15,22H,4-5,12,14H2/b11-10+/t15-,22?/m0/s1. The van der Waals surface area contributed by atoms with Gasteiger partial charge in [0.25, 0.3) is 0 Å². The number of hydrogen-bond donors (Lipinski definition) is 0. The fourth-order valence-corrected chi connectivity index (χ4v) is 3.37. The summed E-state index contributed by atoms with van der Waals surface area (Å²) in [4.78, 5) is 28.9. The number of carbonyl (C=O) groups excluding carboxylic acids is 2. The van der Waals surface area contributed by atoms with Gasteiger partial charge in [-0.1, -0.05) is 23.3 Å². The second kappa shape index (κ2) is 8.96. The van der Waals surface area contributed by atoms with E-state index in [4.69, 9.17) is 19.0 Å². The van der Waals surface area contributed by atoms with Gasteiger partial charge in [-0.25, -0.2) is 14.0 Å². The first kappa shape index (κ1) is 19.9. The Bertz CT molecular complexity index is 948. The predicted molar refractivity (Wildman–Crippen MR) is 103 cm³/mol. The molecule has 2 aromatic carbocycles. The molecule has 1 fully saturated rings. The predicted octanol–water partition coefficient (Wildman–Crippen LogP) is 3.61. The highest BCUT2D eigenvalue weighted by Gasteiger charge is 2.38. The molecule has 0 aliphatic carbocycles.